The van der Waals surface area contributed by atoms with Crippen LogP contribution in [0.3, 0.4) is 0 Å². The van der Waals surface area contributed by atoms with Gasteiger partial charge in [-0.1, -0.05) is 55.3 Å². The van der Waals surface area contributed by atoms with E-state index >= 15 is 0 Å². The molecule has 0 bridgehead atoms. The molecule has 1 saturated carbocycles. The van der Waals surface area contributed by atoms with Crippen molar-refractivity contribution < 1.29 is 9.53 Å². The zero-order chi connectivity index (χ0) is 19.6. The van der Waals surface area contributed by atoms with Crippen LogP contribution in [0.1, 0.15) is 45.1 Å². The summed E-state index contributed by atoms with van der Waals surface area (Å²) in [6.45, 7) is 4.14. The van der Waals surface area contributed by atoms with E-state index in [1.807, 2.05) is 0 Å². The predicted molar refractivity (Wildman–Crippen MR) is 120 cm³/mol. The predicted octanol–water partition coefficient (Wildman–Crippen LogP) is 6.74. The van der Waals surface area contributed by atoms with Crippen molar-refractivity contribution >= 4 is 39.3 Å². The first kappa shape index (κ1) is 19.3. The van der Waals surface area contributed by atoms with Gasteiger partial charge in [0, 0.05) is 5.75 Å². The highest BCUT2D eigenvalue weighted by atomic mass is 32.2. The van der Waals surface area contributed by atoms with Crippen LogP contribution < -0.4 is 0 Å². The molecule has 0 amide bonds. The Morgan fingerprint density at radius 2 is 1.68 bits per heavy atom. The topological polar surface area (TPSA) is 26.3 Å². The minimum atomic E-state index is -0.341. The lowest BCUT2D eigenvalue weighted by Crippen LogP contribution is -2.36. The number of ether oxygens (including phenoxy) is 1. The smallest absolute Gasteiger partial charge is 0.316 e. The molecule has 0 saturated heterocycles. The highest BCUT2D eigenvalue weighted by Crippen LogP contribution is 2.36. The normalized spacial score (nSPS) is 15.4. The minimum absolute atomic E-state index is 0.0902. The number of carbonyl (C=O) groups is 1. The quantitative estimate of drug-likeness (QED) is 0.343. The second kappa shape index (κ2) is 8.16. The molecule has 0 aromatic heterocycles. The molecule has 146 valence electrons. The Kier molecular flexibility index (Phi) is 5.63. The molecule has 0 spiro atoms. The van der Waals surface area contributed by atoms with Crippen LogP contribution in [0.5, 0.6) is 0 Å². The van der Waals surface area contributed by atoms with Crippen molar-refractivity contribution in [1.29, 1.82) is 0 Å². The summed E-state index contributed by atoms with van der Waals surface area (Å²) in [5.74, 6) is 1.63. The maximum absolute atomic E-state index is 12.4. The van der Waals surface area contributed by atoms with Crippen LogP contribution in [-0.4, -0.2) is 17.3 Å². The Morgan fingerprint density at radius 1 is 1.00 bits per heavy atom. The Labute approximate surface area is 171 Å². The van der Waals surface area contributed by atoms with E-state index in [0.29, 0.717) is 11.7 Å². The third-order valence-corrected chi connectivity index (χ3v) is 6.98. The summed E-state index contributed by atoms with van der Waals surface area (Å²) < 4.78 is 5.85. The van der Waals surface area contributed by atoms with Gasteiger partial charge in [-0.2, -0.15) is 0 Å². The third kappa shape index (κ3) is 4.20. The van der Waals surface area contributed by atoms with E-state index in [4.69, 9.17) is 4.74 Å². The van der Waals surface area contributed by atoms with Gasteiger partial charge in [0.15, 0.2) is 0 Å². The lowest BCUT2D eigenvalue weighted by Gasteiger charge is -2.31. The van der Waals surface area contributed by atoms with Gasteiger partial charge >= 0.3 is 5.97 Å². The molecule has 4 rings (SSSR count). The number of esters is 1. The summed E-state index contributed by atoms with van der Waals surface area (Å²) in [7, 11) is 0. The number of benzene rings is 3. The molecule has 0 atom stereocenters. The summed E-state index contributed by atoms with van der Waals surface area (Å²) >= 11 is 1.64. The van der Waals surface area contributed by atoms with Gasteiger partial charge in [-0.05, 0) is 71.8 Å². The van der Waals surface area contributed by atoms with Crippen LogP contribution in [0, 0.1) is 5.92 Å². The van der Waals surface area contributed by atoms with Crippen molar-refractivity contribution in [3.63, 3.8) is 0 Å². The minimum Gasteiger partial charge on any atom is -0.459 e. The van der Waals surface area contributed by atoms with Crippen molar-refractivity contribution in [3.05, 3.63) is 60.2 Å². The summed E-state index contributed by atoms with van der Waals surface area (Å²) in [6, 6.07) is 19.4. The van der Waals surface area contributed by atoms with E-state index in [9.17, 15) is 4.79 Å². The second-order valence-electron chi connectivity index (χ2n) is 8.39. The highest BCUT2D eigenvalue weighted by molar-refractivity contribution is 7.99. The molecular weight excluding hydrogens is 364 g/mol. The monoisotopic (exact) mass is 392 g/mol. The molecule has 28 heavy (non-hydrogen) atoms. The first-order valence-electron chi connectivity index (χ1n) is 10.2. The first-order chi connectivity index (χ1) is 13.5. The fourth-order valence-corrected chi connectivity index (χ4v) is 5.23. The van der Waals surface area contributed by atoms with Gasteiger partial charge in [0.25, 0.3) is 0 Å². The van der Waals surface area contributed by atoms with Crippen LogP contribution in [0.25, 0.3) is 21.5 Å². The van der Waals surface area contributed by atoms with Gasteiger partial charge in [-0.3, -0.25) is 4.79 Å². The van der Waals surface area contributed by atoms with E-state index in [-0.39, 0.29) is 11.6 Å². The van der Waals surface area contributed by atoms with Gasteiger partial charge < -0.3 is 4.74 Å². The molecule has 3 aromatic rings. The van der Waals surface area contributed by atoms with Crippen molar-refractivity contribution in [3.8, 4) is 0 Å². The van der Waals surface area contributed by atoms with Gasteiger partial charge in [-0.25, -0.2) is 0 Å². The Balaban J connectivity index is 1.41. The van der Waals surface area contributed by atoms with E-state index in [1.165, 1.54) is 52.8 Å². The molecule has 3 aromatic carbocycles. The molecule has 1 fully saturated rings. The summed E-state index contributed by atoms with van der Waals surface area (Å²) in [5.41, 5.74) is 0.933. The van der Waals surface area contributed by atoms with Gasteiger partial charge in [0.2, 0.25) is 0 Å². The Bertz CT molecular complexity index is 986. The Hall–Kier alpha value is -2.00. The maximum Gasteiger partial charge on any atom is 0.316 e. The third-order valence-electron chi connectivity index (χ3n) is 6.03. The van der Waals surface area contributed by atoms with Crippen molar-refractivity contribution in [2.75, 3.05) is 5.75 Å². The van der Waals surface area contributed by atoms with E-state index in [0.717, 1.165) is 5.75 Å². The van der Waals surface area contributed by atoms with Crippen LogP contribution in [0.4, 0.5) is 0 Å². The van der Waals surface area contributed by atoms with Gasteiger partial charge in [0.05, 0.1) is 5.75 Å². The lowest BCUT2D eigenvalue weighted by atomic mass is 9.89. The molecule has 0 radical (unpaired) electrons. The molecular formula is C25H28O2S. The molecule has 3 heteroatoms. The molecule has 0 N–H and O–H groups in total. The first-order valence-corrected chi connectivity index (χ1v) is 11.4. The number of carbonyl (C=O) groups excluding carboxylic acids is 1. The fraction of sp³-hybridized carbons (Fsp3) is 0.400. The molecule has 2 nitrogen and oxygen atoms in total. The molecule has 0 heterocycles. The van der Waals surface area contributed by atoms with Crippen molar-refractivity contribution in [1.82, 2.24) is 0 Å². The van der Waals surface area contributed by atoms with Crippen LogP contribution in [0.2, 0.25) is 0 Å². The zero-order valence-corrected chi connectivity index (χ0v) is 17.6. The number of fused-ring (bicyclic) bond motifs is 2. The Morgan fingerprint density at radius 3 is 2.43 bits per heavy atom. The number of hydrogen-bond acceptors (Lipinski definition) is 3. The fourth-order valence-electron chi connectivity index (χ4n) is 4.43. The molecule has 0 aliphatic heterocycles. The molecule has 1 aliphatic rings. The number of thioether (sulfide) groups is 1. The van der Waals surface area contributed by atoms with E-state index in [1.54, 1.807) is 11.8 Å². The van der Waals surface area contributed by atoms with Crippen LogP contribution in [-0.2, 0) is 15.3 Å². The van der Waals surface area contributed by atoms with Crippen molar-refractivity contribution in [2.24, 2.45) is 5.92 Å². The molecule has 1 aliphatic carbocycles. The largest absolute Gasteiger partial charge is 0.459 e. The number of rotatable bonds is 6. The van der Waals surface area contributed by atoms with Crippen LogP contribution >= 0.6 is 11.8 Å². The SMILES string of the molecule is CC(C)(OC(=O)CSCc1cccc2cc3ccccc3cc12)C1CCCC1. The molecule has 0 unspecified atom stereocenters. The van der Waals surface area contributed by atoms with Gasteiger partial charge in [-0.15, -0.1) is 11.8 Å². The average Bonchev–Trinajstić information content (AvgIpc) is 3.22. The van der Waals surface area contributed by atoms with Crippen LogP contribution in [0.15, 0.2) is 54.6 Å². The summed E-state index contributed by atoms with van der Waals surface area (Å²) in [5, 5.41) is 5.04. The highest BCUT2D eigenvalue weighted by Gasteiger charge is 2.35. The maximum atomic E-state index is 12.4. The van der Waals surface area contributed by atoms with Gasteiger partial charge in [0.1, 0.15) is 5.60 Å². The summed E-state index contributed by atoms with van der Waals surface area (Å²) in [4.78, 5) is 12.4. The average molecular weight is 393 g/mol. The van der Waals surface area contributed by atoms with Crippen molar-refractivity contribution in [2.45, 2.75) is 50.9 Å². The van der Waals surface area contributed by atoms with E-state index in [2.05, 4.69) is 68.4 Å². The zero-order valence-electron chi connectivity index (χ0n) is 16.7. The second-order valence-corrected chi connectivity index (χ2v) is 9.37. The summed E-state index contributed by atoms with van der Waals surface area (Å²) in [6.07, 6.45) is 4.88. The lowest BCUT2D eigenvalue weighted by molar-refractivity contribution is -0.158. The number of hydrogen-bond donors (Lipinski definition) is 0. The van der Waals surface area contributed by atoms with E-state index < -0.39 is 0 Å². The standard InChI is InChI=1S/C25H28O2S/c1-25(2,22-12-5-6-13-22)27-24(26)17-28-16-21-11-7-10-20-14-18-8-3-4-9-19(18)15-23(20)21/h3-4,7-11,14-15,22H,5-6,12-13,16-17H2,1-2H3.